The number of ether oxygens (including phenoxy) is 1. The second kappa shape index (κ2) is 5.99. The third-order valence-corrected chi connectivity index (χ3v) is 3.69. The summed E-state index contributed by atoms with van der Waals surface area (Å²) in [5, 5.41) is 5.29. The number of rotatable bonds is 3. The van der Waals surface area contributed by atoms with Gasteiger partial charge in [-0.05, 0) is 17.0 Å². The van der Waals surface area contributed by atoms with Crippen molar-refractivity contribution in [2.24, 2.45) is 5.92 Å². The number of methoxy groups -OCH3 is 1. The Morgan fingerprint density at radius 3 is 2.43 bits per heavy atom. The minimum Gasteiger partial charge on any atom is -0.468 e. The maximum Gasteiger partial charge on any atom is 0.319 e. The molecule has 1 heterocycles. The first-order chi connectivity index (χ1) is 9.93. The molecule has 1 fully saturated rings. The molecule has 0 saturated carbocycles. The molecular formula is C16H20N2O3. The SMILES string of the molecule is C=C1NC(=O)NC(c2ccc(C(C)C)cc2)C1C(=O)OC. The predicted octanol–water partition coefficient (Wildman–Crippen LogP) is 2.47. The second-order valence-electron chi connectivity index (χ2n) is 5.42. The molecule has 0 aromatic heterocycles. The molecule has 1 saturated heterocycles. The molecule has 0 spiro atoms. The Hall–Kier alpha value is -2.30. The van der Waals surface area contributed by atoms with Crippen molar-refractivity contribution in [2.45, 2.75) is 25.8 Å². The number of nitrogens with one attached hydrogen (secondary N) is 2. The summed E-state index contributed by atoms with van der Waals surface area (Å²) in [7, 11) is 1.32. The Labute approximate surface area is 124 Å². The molecule has 2 unspecified atom stereocenters. The first-order valence-electron chi connectivity index (χ1n) is 6.88. The molecule has 2 rings (SSSR count). The van der Waals surface area contributed by atoms with Crippen LogP contribution in [0.3, 0.4) is 0 Å². The van der Waals surface area contributed by atoms with Crippen LogP contribution >= 0.6 is 0 Å². The Balaban J connectivity index is 2.34. The van der Waals surface area contributed by atoms with Gasteiger partial charge >= 0.3 is 12.0 Å². The van der Waals surface area contributed by atoms with E-state index >= 15 is 0 Å². The van der Waals surface area contributed by atoms with Gasteiger partial charge in [0.1, 0.15) is 5.92 Å². The highest BCUT2D eigenvalue weighted by Crippen LogP contribution is 2.31. The van der Waals surface area contributed by atoms with Crippen molar-refractivity contribution in [3.05, 3.63) is 47.7 Å². The first kappa shape index (κ1) is 15.1. The number of benzene rings is 1. The van der Waals surface area contributed by atoms with Gasteiger partial charge in [-0.2, -0.15) is 0 Å². The van der Waals surface area contributed by atoms with Crippen LogP contribution in [0.4, 0.5) is 4.79 Å². The summed E-state index contributed by atoms with van der Waals surface area (Å²) in [5.41, 5.74) is 2.40. The third kappa shape index (κ3) is 3.07. The first-order valence-corrected chi connectivity index (χ1v) is 6.88. The van der Waals surface area contributed by atoms with Crippen LogP contribution in [0.25, 0.3) is 0 Å². The quantitative estimate of drug-likeness (QED) is 0.840. The van der Waals surface area contributed by atoms with Crippen LogP contribution < -0.4 is 10.6 Å². The number of urea groups is 1. The van der Waals surface area contributed by atoms with Gasteiger partial charge in [0.25, 0.3) is 0 Å². The van der Waals surface area contributed by atoms with E-state index in [0.717, 1.165) is 5.56 Å². The Morgan fingerprint density at radius 2 is 1.90 bits per heavy atom. The van der Waals surface area contributed by atoms with Crippen molar-refractivity contribution in [1.29, 1.82) is 0 Å². The summed E-state index contributed by atoms with van der Waals surface area (Å²) < 4.78 is 4.82. The average molecular weight is 288 g/mol. The van der Waals surface area contributed by atoms with Gasteiger partial charge in [0.2, 0.25) is 0 Å². The third-order valence-electron chi connectivity index (χ3n) is 3.69. The Morgan fingerprint density at radius 1 is 1.29 bits per heavy atom. The molecule has 0 aliphatic carbocycles. The zero-order valence-electron chi connectivity index (χ0n) is 12.5. The van der Waals surface area contributed by atoms with Gasteiger partial charge in [0, 0.05) is 5.70 Å². The number of hydrogen-bond donors (Lipinski definition) is 2. The lowest BCUT2D eigenvalue weighted by Crippen LogP contribution is -2.51. The molecule has 2 atom stereocenters. The molecule has 0 radical (unpaired) electrons. The van der Waals surface area contributed by atoms with E-state index in [-0.39, 0.29) is 6.03 Å². The number of hydrogen-bond acceptors (Lipinski definition) is 3. The van der Waals surface area contributed by atoms with E-state index in [9.17, 15) is 9.59 Å². The van der Waals surface area contributed by atoms with E-state index < -0.39 is 17.9 Å². The Kier molecular flexibility index (Phi) is 4.31. The van der Waals surface area contributed by atoms with Crippen molar-refractivity contribution in [2.75, 3.05) is 7.11 Å². The van der Waals surface area contributed by atoms with Gasteiger partial charge in [0.15, 0.2) is 0 Å². The molecule has 1 aromatic rings. The van der Waals surface area contributed by atoms with E-state index in [1.54, 1.807) is 0 Å². The van der Waals surface area contributed by atoms with Crippen molar-refractivity contribution in [3.63, 3.8) is 0 Å². The largest absolute Gasteiger partial charge is 0.468 e. The number of carbonyl (C=O) groups excluding carboxylic acids is 2. The van der Waals surface area contributed by atoms with Gasteiger partial charge in [-0.1, -0.05) is 44.7 Å². The van der Waals surface area contributed by atoms with Crippen LogP contribution in [0.15, 0.2) is 36.5 Å². The fourth-order valence-corrected chi connectivity index (χ4v) is 2.45. The lowest BCUT2D eigenvalue weighted by atomic mass is 9.88. The molecule has 2 amide bonds. The highest BCUT2D eigenvalue weighted by atomic mass is 16.5. The topological polar surface area (TPSA) is 67.4 Å². The van der Waals surface area contributed by atoms with Crippen LogP contribution in [-0.4, -0.2) is 19.1 Å². The molecule has 112 valence electrons. The standard InChI is InChI=1S/C16H20N2O3/c1-9(2)11-5-7-12(8-6-11)14-13(15(19)21-4)10(3)17-16(20)18-14/h5-9,13-14H,3H2,1-2,4H3,(H2,17,18,20). The molecule has 0 bridgehead atoms. The van der Waals surface area contributed by atoms with Gasteiger partial charge in [-0.25, -0.2) is 4.79 Å². The van der Waals surface area contributed by atoms with Gasteiger partial charge in [-0.3, -0.25) is 4.79 Å². The monoisotopic (exact) mass is 288 g/mol. The van der Waals surface area contributed by atoms with E-state index in [2.05, 4.69) is 31.1 Å². The van der Waals surface area contributed by atoms with Crippen molar-refractivity contribution < 1.29 is 14.3 Å². The fraction of sp³-hybridized carbons (Fsp3) is 0.375. The highest BCUT2D eigenvalue weighted by Gasteiger charge is 2.38. The zero-order chi connectivity index (χ0) is 15.6. The van der Waals surface area contributed by atoms with Crippen LogP contribution in [0.5, 0.6) is 0 Å². The molecule has 1 aromatic carbocycles. The van der Waals surface area contributed by atoms with Crippen LogP contribution in [0.2, 0.25) is 0 Å². The summed E-state index contributed by atoms with van der Waals surface area (Å²) in [6, 6.07) is 7.03. The molecule has 5 nitrogen and oxygen atoms in total. The van der Waals surface area contributed by atoms with E-state index in [4.69, 9.17) is 4.74 Å². The normalized spacial score (nSPS) is 21.7. The maximum atomic E-state index is 12.0. The molecule has 2 N–H and O–H groups in total. The van der Waals surface area contributed by atoms with Gasteiger partial charge in [0.05, 0.1) is 13.2 Å². The van der Waals surface area contributed by atoms with Crippen LogP contribution in [-0.2, 0) is 9.53 Å². The number of esters is 1. The van der Waals surface area contributed by atoms with Crippen molar-refractivity contribution >= 4 is 12.0 Å². The van der Waals surface area contributed by atoms with Crippen LogP contribution in [0, 0.1) is 5.92 Å². The van der Waals surface area contributed by atoms with Crippen LogP contribution in [0.1, 0.15) is 36.9 Å². The lowest BCUT2D eigenvalue weighted by molar-refractivity contribution is -0.145. The number of amides is 2. The van der Waals surface area contributed by atoms with Crippen molar-refractivity contribution in [1.82, 2.24) is 10.6 Å². The smallest absolute Gasteiger partial charge is 0.319 e. The van der Waals surface area contributed by atoms with E-state index in [1.165, 1.54) is 12.7 Å². The maximum absolute atomic E-state index is 12.0. The summed E-state index contributed by atoms with van der Waals surface area (Å²) in [6.07, 6.45) is 0. The predicted molar refractivity (Wildman–Crippen MR) is 79.6 cm³/mol. The minimum atomic E-state index is -0.641. The molecule has 1 aliphatic heterocycles. The molecule has 21 heavy (non-hydrogen) atoms. The zero-order valence-corrected chi connectivity index (χ0v) is 12.5. The second-order valence-corrected chi connectivity index (χ2v) is 5.42. The summed E-state index contributed by atoms with van der Waals surface area (Å²) in [6.45, 7) is 7.99. The number of carbonyl (C=O) groups is 2. The summed E-state index contributed by atoms with van der Waals surface area (Å²) in [4.78, 5) is 23.6. The van der Waals surface area contributed by atoms with E-state index in [0.29, 0.717) is 11.6 Å². The Bertz CT molecular complexity index is 563. The molecular weight excluding hydrogens is 268 g/mol. The van der Waals surface area contributed by atoms with Gasteiger partial charge in [-0.15, -0.1) is 0 Å². The average Bonchev–Trinajstić information content (AvgIpc) is 2.45. The highest BCUT2D eigenvalue weighted by molar-refractivity contribution is 5.85. The summed E-state index contributed by atoms with van der Waals surface area (Å²) in [5.74, 6) is -0.643. The van der Waals surface area contributed by atoms with E-state index in [1.807, 2.05) is 24.3 Å². The molecule has 5 heteroatoms. The molecule has 1 aliphatic rings. The fourth-order valence-electron chi connectivity index (χ4n) is 2.45. The van der Waals surface area contributed by atoms with Crippen molar-refractivity contribution in [3.8, 4) is 0 Å². The minimum absolute atomic E-state index is 0.350. The summed E-state index contributed by atoms with van der Waals surface area (Å²) >= 11 is 0. The lowest BCUT2D eigenvalue weighted by Gasteiger charge is -2.33. The van der Waals surface area contributed by atoms with Gasteiger partial charge < -0.3 is 15.4 Å².